The molecular formula is C34H57Cl2CuN3. The molecule has 3 N–H and O–H groups in total. The first-order valence-corrected chi connectivity index (χ1v) is 14.9. The monoisotopic (exact) mass is 640 g/mol. The zero-order chi connectivity index (χ0) is 27.9. The average molecular weight is 642 g/mol. The van der Waals surface area contributed by atoms with Crippen molar-refractivity contribution in [3.63, 3.8) is 0 Å². The number of hydrogen-bond donors (Lipinski definition) is 3. The van der Waals surface area contributed by atoms with Gasteiger partial charge in [-0.2, -0.15) is 0 Å². The van der Waals surface area contributed by atoms with E-state index < -0.39 is 0 Å². The van der Waals surface area contributed by atoms with Gasteiger partial charge in [0.1, 0.15) is 0 Å². The Kier molecular flexibility index (Phi) is 19.9. The smallest absolute Gasteiger partial charge is 1.00 e. The minimum absolute atomic E-state index is 0. The maximum Gasteiger partial charge on any atom is 2.00 e. The van der Waals surface area contributed by atoms with E-state index in [2.05, 4.69) is 123 Å². The summed E-state index contributed by atoms with van der Waals surface area (Å²) >= 11 is 0. The summed E-state index contributed by atoms with van der Waals surface area (Å²) in [5.41, 5.74) is 11.4. The van der Waals surface area contributed by atoms with Crippen LogP contribution in [0.4, 0.5) is 11.4 Å². The predicted molar refractivity (Wildman–Crippen MR) is 167 cm³/mol. The Bertz CT molecular complexity index is 863. The van der Waals surface area contributed by atoms with E-state index in [0.717, 1.165) is 26.2 Å². The molecule has 0 saturated heterocycles. The fourth-order valence-corrected chi connectivity index (χ4v) is 5.00. The normalized spacial score (nSPS) is 11.2. The van der Waals surface area contributed by atoms with Crippen molar-refractivity contribution in [1.82, 2.24) is 5.32 Å². The first-order chi connectivity index (χ1) is 17.3. The van der Waals surface area contributed by atoms with Crippen LogP contribution in [0.5, 0.6) is 0 Å². The third-order valence-corrected chi connectivity index (χ3v) is 7.47. The molecule has 0 atom stereocenters. The van der Waals surface area contributed by atoms with Gasteiger partial charge in [0.2, 0.25) is 0 Å². The molecule has 0 aliphatic heterocycles. The molecule has 1 radical (unpaired) electrons. The summed E-state index contributed by atoms with van der Waals surface area (Å²) in [5.74, 6) is 3.11. The van der Waals surface area contributed by atoms with Crippen LogP contribution in [0, 0.1) is 0 Å². The predicted octanol–water partition coefficient (Wildman–Crippen LogP) is 3.55. The molecule has 2 aromatic rings. The van der Waals surface area contributed by atoms with Crippen LogP contribution < -0.4 is 40.8 Å². The van der Waals surface area contributed by atoms with Crippen LogP contribution >= 0.6 is 0 Å². The summed E-state index contributed by atoms with van der Waals surface area (Å²) < 4.78 is 0. The first-order valence-electron chi connectivity index (χ1n) is 14.9. The Morgan fingerprint density at radius 2 is 0.675 bits per heavy atom. The zero-order valence-electron chi connectivity index (χ0n) is 27.2. The largest absolute Gasteiger partial charge is 2.00 e. The van der Waals surface area contributed by atoms with Gasteiger partial charge in [-0.1, -0.05) is 107 Å². The van der Waals surface area contributed by atoms with Gasteiger partial charge in [-0.3, -0.25) is 0 Å². The molecule has 0 fully saturated rings. The van der Waals surface area contributed by atoms with E-state index in [1.54, 1.807) is 0 Å². The fraction of sp³-hybridized carbons (Fsp3) is 0.647. The topological polar surface area (TPSA) is 36.1 Å². The quantitative estimate of drug-likeness (QED) is 0.218. The molecule has 0 amide bonds. The molecule has 6 heteroatoms. The van der Waals surface area contributed by atoms with Crippen LogP contribution in [-0.4, -0.2) is 26.2 Å². The van der Waals surface area contributed by atoms with Crippen LogP contribution in [0.2, 0.25) is 0 Å². The molecule has 0 saturated carbocycles. The number of benzene rings is 2. The Morgan fingerprint density at radius 1 is 0.425 bits per heavy atom. The summed E-state index contributed by atoms with van der Waals surface area (Å²) in [6, 6.07) is 9.68. The maximum absolute atomic E-state index is 3.80. The van der Waals surface area contributed by atoms with Gasteiger partial charge in [0.15, 0.2) is 0 Å². The summed E-state index contributed by atoms with van der Waals surface area (Å²) in [7, 11) is 0. The number of hydrogen-bond acceptors (Lipinski definition) is 3. The molecular weight excluding hydrogens is 585 g/mol. The zero-order valence-corrected chi connectivity index (χ0v) is 29.6. The molecule has 0 aromatic heterocycles. The molecule has 2 rings (SSSR count). The van der Waals surface area contributed by atoms with Crippen LogP contribution in [0.15, 0.2) is 24.3 Å². The number of halogens is 2. The van der Waals surface area contributed by atoms with Crippen molar-refractivity contribution in [2.45, 2.75) is 119 Å². The second kappa shape index (κ2) is 19.3. The molecule has 0 bridgehead atoms. The molecule has 40 heavy (non-hydrogen) atoms. The number of rotatable bonds is 14. The standard InChI is InChI=1S/C34H57N3.2ClH.Cu/c1-21(2)27-17-29(23(5)6)33(30(18-27)24(7)8)36-15-13-35-14-16-37-34-31(25(9)10)19-28(22(3)4)20-32(34)26(11)12;;;/h17-26,35-37H,13-16H2,1-12H3;2*1H;/q;;;+2/p-2. The van der Waals surface area contributed by atoms with Crippen molar-refractivity contribution in [1.29, 1.82) is 0 Å². The van der Waals surface area contributed by atoms with Gasteiger partial charge in [-0.25, -0.2) is 0 Å². The Hall–Kier alpha value is -0.901. The van der Waals surface area contributed by atoms with E-state index in [4.69, 9.17) is 0 Å². The Balaban J connectivity index is 0. The third-order valence-electron chi connectivity index (χ3n) is 7.47. The van der Waals surface area contributed by atoms with Crippen LogP contribution in [0.1, 0.15) is 152 Å². The van der Waals surface area contributed by atoms with Gasteiger partial charge in [0.05, 0.1) is 0 Å². The molecule has 233 valence electrons. The molecule has 0 aliphatic carbocycles. The van der Waals surface area contributed by atoms with Crippen LogP contribution in [0.3, 0.4) is 0 Å². The van der Waals surface area contributed by atoms with Crippen molar-refractivity contribution in [3.05, 3.63) is 57.6 Å². The van der Waals surface area contributed by atoms with Crippen molar-refractivity contribution in [2.24, 2.45) is 0 Å². The maximum atomic E-state index is 3.80. The second-order valence-corrected chi connectivity index (χ2v) is 12.7. The van der Waals surface area contributed by atoms with E-state index in [1.165, 1.54) is 44.8 Å². The van der Waals surface area contributed by atoms with E-state index in [9.17, 15) is 0 Å². The van der Waals surface area contributed by atoms with Gasteiger partial charge in [-0.15, -0.1) is 0 Å². The Morgan fingerprint density at radius 3 is 0.875 bits per heavy atom. The molecule has 0 unspecified atom stereocenters. The van der Waals surface area contributed by atoms with Gasteiger partial charge >= 0.3 is 17.1 Å². The molecule has 3 nitrogen and oxygen atoms in total. The van der Waals surface area contributed by atoms with E-state index in [0.29, 0.717) is 35.5 Å². The molecule has 0 spiro atoms. The number of anilines is 2. The van der Waals surface area contributed by atoms with Crippen LogP contribution in [-0.2, 0) is 17.1 Å². The minimum atomic E-state index is 0. The van der Waals surface area contributed by atoms with Crippen molar-refractivity contribution >= 4 is 11.4 Å². The summed E-state index contributed by atoms with van der Waals surface area (Å²) in [6.45, 7) is 31.4. The van der Waals surface area contributed by atoms with Crippen molar-refractivity contribution in [2.75, 3.05) is 36.8 Å². The number of nitrogens with one attached hydrogen (secondary N) is 3. The SMILES string of the molecule is CC(C)c1cc(C(C)C)c(NCCNCCNc2c(C(C)C)cc(C(C)C)cc2C(C)C)c(C(C)C)c1.[Cl-].[Cl-].[Cu+2]. The van der Waals surface area contributed by atoms with E-state index in [1.807, 2.05) is 0 Å². The summed E-state index contributed by atoms with van der Waals surface area (Å²) in [6.07, 6.45) is 0. The van der Waals surface area contributed by atoms with Gasteiger partial charge in [0.25, 0.3) is 0 Å². The second-order valence-electron chi connectivity index (χ2n) is 12.7. The summed E-state index contributed by atoms with van der Waals surface area (Å²) in [4.78, 5) is 0. The molecule has 0 heterocycles. The first kappa shape index (κ1) is 41.2. The van der Waals surface area contributed by atoms with E-state index >= 15 is 0 Å². The van der Waals surface area contributed by atoms with E-state index in [-0.39, 0.29) is 41.9 Å². The molecule has 2 aromatic carbocycles. The summed E-state index contributed by atoms with van der Waals surface area (Å²) in [5, 5.41) is 11.3. The van der Waals surface area contributed by atoms with Gasteiger partial charge in [0, 0.05) is 37.6 Å². The van der Waals surface area contributed by atoms with Crippen molar-refractivity contribution in [3.8, 4) is 0 Å². The Labute approximate surface area is 270 Å². The average Bonchev–Trinajstić information content (AvgIpc) is 2.81. The fourth-order valence-electron chi connectivity index (χ4n) is 5.00. The van der Waals surface area contributed by atoms with Crippen LogP contribution in [0.25, 0.3) is 0 Å². The third kappa shape index (κ3) is 11.4. The molecule has 0 aliphatic rings. The van der Waals surface area contributed by atoms with Crippen molar-refractivity contribution < 1.29 is 41.9 Å². The van der Waals surface area contributed by atoms with Gasteiger partial charge in [-0.05, 0) is 68.9 Å². The van der Waals surface area contributed by atoms with Gasteiger partial charge < -0.3 is 40.8 Å². The minimum Gasteiger partial charge on any atom is -1.00 e.